The highest BCUT2D eigenvalue weighted by Crippen LogP contribution is 2.29. The number of carbonyl (C=O) groups is 1. The Hall–Kier alpha value is -1.30. The molecule has 2 fully saturated rings. The normalized spacial score (nSPS) is 25.6. The van der Waals surface area contributed by atoms with Gasteiger partial charge in [-0.3, -0.25) is 9.69 Å². The van der Waals surface area contributed by atoms with Gasteiger partial charge >= 0.3 is 0 Å². The summed E-state index contributed by atoms with van der Waals surface area (Å²) in [4.78, 5) is 14.4. The molecule has 2 aliphatic rings. The van der Waals surface area contributed by atoms with E-state index in [1.807, 2.05) is 0 Å². The van der Waals surface area contributed by atoms with Crippen molar-refractivity contribution in [1.82, 2.24) is 4.90 Å². The van der Waals surface area contributed by atoms with E-state index in [9.17, 15) is 4.79 Å². The molecule has 1 aromatic carbocycles. The number of ether oxygens (including phenoxy) is 1. The lowest BCUT2D eigenvalue weighted by molar-refractivity contribution is -0.121. The molecule has 1 heterocycles. The number of amides is 1. The number of anilines is 2. The maximum atomic E-state index is 12.2. The van der Waals surface area contributed by atoms with Crippen LogP contribution in [0.1, 0.15) is 19.3 Å². The van der Waals surface area contributed by atoms with Gasteiger partial charge in [0, 0.05) is 18.3 Å². The SMILES string of the molecule is Nc1ccc(NC(=O)CN2CCOC3CCCC32)c(Cl)c1. The molecule has 0 bridgehead atoms. The molecule has 2 atom stereocenters. The zero-order valence-electron chi connectivity index (χ0n) is 11.8. The van der Waals surface area contributed by atoms with E-state index >= 15 is 0 Å². The van der Waals surface area contributed by atoms with Crippen LogP contribution in [0.15, 0.2) is 18.2 Å². The van der Waals surface area contributed by atoms with Gasteiger partial charge in [-0.15, -0.1) is 0 Å². The summed E-state index contributed by atoms with van der Waals surface area (Å²) in [7, 11) is 0. The zero-order chi connectivity index (χ0) is 14.8. The van der Waals surface area contributed by atoms with Crippen molar-refractivity contribution in [2.45, 2.75) is 31.4 Å². The largest absolute Gasteiger partial charge is 0.399 e. The predicted molar refractivity (Wildman–Crippen MR) is 83.4 cm³/mol. The summed E-state index contributed by atoms with van der Waals surface area (Å²) in [5.41, 5.74) is 6.83. The van der Waals surface area contributed by atoms with Gasteiger partial charge in [-0.1, -0.05) is 11.6 Å². The van der Waals surface area contributed by atoms with Crippen LogP contribution >= 0.6 is 11.6 Å². The molecule has 1 amide bonds. The zero-order valence-corrected chi connectivity index (χ0v) is 12.6. The number of morpholine rings is 1. The minimum absolute atomic E-state index is 0.0470. The van der Waals surface area contributed by atoms with Crippen LogP contribution in [0.3, 0.4) is 0 Å². The van der Waals surface area contributed by atoms with Crippen molar-refractivity contribution in [1.29, 1.82) is 0 Å². The second kappa shape index (κ2) is 6.22. The third-order valence-electron chi connectivity index (χ3n) is 4.21. The number of nitrogens with zero attached hydrogens (tertiary/aromatic N) is 1. The van der Waals surface area contributed by atoms with E-state index in [1.54, 1.807) is 18.2 Å². The van der Waals surface area contributed by atoms with Gasteiger partial charge < -0.3 is 15.8 Å². The van der Waals surface area contributed by atoms with Crippen molar-refractivity contribution >= 4 is 28.9 Å². The molecule has 3 N–H and O–H groups in total. The van der Waals surface area contributed by atoms with Crippen LogP contribution in [0.2, 0.25) is 5.02 Å². The Morgan fingerprint density at radius 1 is 1.48 bits per heavy atom. The van der Waals surface area contributed by atoms with Gasteiger partial charge in [0.2, 0.25) is 5.91 Å². The third kappa shape index (κ3) is 3.31. The summed E-state index contributed by atoms with van der Waals surface area (Å²) in [6.45, 7) is 1.90. The van der Waals surface area contributed by atoms with Gasteiger partial charge in [-0.2, -0.15) is 0 Å². The highest BCUT2D eigenvalue weighted by Gasteiger charge is 2.36. The van der Waals surface area contributed by atoms with Crippen LogP contribution in [0, 0.1) is 0 Å². The van der Waals surface area contributed by atoms with Crippen molar-refractivity contribution < 1.29 is 9.53 Å². The molecule has 5 nitrogen and oxygen atoms in total. The number of nitrogens with two attached hydrogens (primary N) is 1. The van der Waals surface area contributed by atoms with Crippen LogP contribution in [-0.4, -0.2) is 42.6 Å². The molecule has 0 aromatic heterocycles. The molecule has 21 heavy (non-hydrogen) atoms. The van der Waals surface area contributed by atoms with Crippen LogP contribution in [0.4, 0.5) is 11.4 Å². The van der Waals surface area contributed by atoms with Crippen molar-refractivity contribution in [3.63, 3.8) is 0 Å². The van der Waals surface area contributed by atoms with Gasteiger partial charge in [0.05, 0.1) is 30.0 Å². The van der Waals surface area contributed by atoms with Gasteiger partial charge in [-0.05, 0) is 37.5 Å². The quantitative estimate of drug-likeness (QED) is 0.839. The lowest BCUT2D eigenvalue weighted by Gasteiger charge is -2.37. The Bertz CT molecular complexity index is 538. The highest BCUT2D eigenvalue weighted by atomic mass is 35.5. The maximum Gasteiger partial charge on any atom is 0.238 e. The Labute approximate surface area is 129 Å². The number of hydrogen-bond donors (Lipinski definition) is 2. The van der Waals surface area contributed by atoms with Gasteiger partial charge in [-0.25, -0.2) is 0 Å². The van der Waals surface area contributed by atoms with Crippen LogP contribution in [0.5, 0.6) is 0 Å². The first-order chi connectivity index (χ1) is 10.1. The van der Waals surface area contributed by atoms with Gasteiger partial charge in [0.1, 0.15) is 0 Å². The first-order valence-electron chi connectivity index (χ1n) is 7.34. The average Bonchev–Trinajstić information content (AvgIpc) is 2.91. The average molecular weight is 310 g/mol. The third-order valence-corrected chi connectivity index (χ3v) is 4.52. The van der Waals surface area contributed by atoms with Crippen LogP contribution in [-0.2, 0) is 9.53 Å². The van der Waals surface area contributed by atoms with Crippen LogP contribution < -0.4 is 11.1 Å². The summed E-state index contributed by atoms with van der Waals surface area (Å²) in [5, 5.41) is 3.32. The van der Waals surface area contributed by atoms with E-state index < -0.39 is 0 Å². The molecule has 1 aliphatic heterocycles. The number of nitrogen functional groups attached to an aromatic ring is 1. The topological polar surface area (TPSA) is 67.6 Å². The molecular formula is C15H20ClN3O2. The van der Waals surface area contributed by atoms with E-state index in [4.69, 9.17) is 22.1 Å². The molecule has 2 unspecified atom stereocenters. The number of benzene rings is 1. The summed E-state index contributed by atoms with van der Waals surface area (Å²) < 4.78 is 5.76. The fourth-order valence-corrected chi connectivity index (χ4v) is 3.45. The predicted octanol–water partition coefficient (Wildman–Crippen LogP) is 2.11. The Morgan fingerprint density at radius 2 is 2.33 bits per heavy atom. The molecule has 3 rings (SSSR count). The van der Waals surface area contributed by atoms with E-state index in [0.717, 1.165) is 19.4 Å². The molecule has 1 aliphatic carbocycles. The smallest absolute Gasteiger partial charge is 0.238 e. The van der Waals surface area contributed by atoms with Crippen molar-refractivity contribution in [3.8, 4) is 0 Å². The van der Waals surface area contributed by atoms with E-state index in [2.05, 4.69) is 10.2 Å². The minimum Gasteiger partial charge on any atom is -0.399 e. The molecule has 1 saturated carbocycles. The molecule has 6 heteroatoms. The first-order valence-corrected chi connectivity index (χ1v) is 7.72. The van der Waals surface area contributed by atoms with Crippen molar-refractivity contribution in [3.05, 3.63) is 23.2 Å². The van der Waals surface area contributed by atoms with E-state index in [0.29, 0.717) is 41.7 Å². The number of nitrogens with one attached hydrogen (secondary N) is 1. The summed E-state index contributed by atoms with van der Waals surface area (Å²) in [6.07, 6.45) is 3.69. The van der Waals surface area contributed by atoms with Crippen molar-refractivity contribution in [2.75, 3.05) is 30.7 Å². The molecule has 114 valence electrons. The Morgan fingerprint density at radius 3 is 3.14 bits per heavy atom. The molecular weight excluding hydrogens is 290 g/mol. The second-order valence-electron chi connectivity index (χ2n) is 5.67. The number of hydrogen-bond acceptors (Lipinski definition) is 4. The number of rotatable bonds is 3. The van der Waals surface area contributed by atoms with Crippen molar-refractivity contribution in [2.24, 2.45) is 0 Å². The second-order valence-corrected chi connectivity index (χ2v) is 6.07. The number of fused-ring (bicyclic) bond motifs is 1. The number of halogens is 1. The lowest BCUT2D eigenvalue weighted by Crippen LogP contribution is -2.51. The molecule has 1 saturated heterocycles. The van der Waals surface area contributed by atoms with Crippen LogP contribution in [0.25, 0.3) is 0 Å². The molecule has 1 aromatic rings. The molecule has 0 radical (unpaired) electrons. The summed E-state index contributed by atoms with van der Waals surface area (Å²) >= 11 is 6.08. The number of carbonyl (C=O) groups excluding carboxylic acids is 1. The standard InChI is InChI=1S/C15H20ClN3O2/c16-11-8-10(17)4-5-12(11)18-15(20)9-19-6-7-21-14-3-1-2-13(14)19/h4-5,8,13-14H,1-3,6-7,9,17H2,(H,18,20). The van der Waals surface area contributed by atoms with Gasteiger partial charge in [0.25, 0.3) is 0 Å². The fraction of sp³-hybridized carbons (Fsp3) is 0.533. The highest BCUT2D eigenvalue weighted by molar-refractivity contribution is 6.34. The monoisotopic (exact) mass is 309 g/mol. The lowest BCUT2D eigenvalue weighted by atomic mass is 10.1. The van der Waals surface area contributed by atoms with E-state index in [-0.39, 0.29) is 5.91 Å². The maximum absolute atomic E-state index is 12.2. The fourth-order valence-electron chi connectivity index (χ4n) is 3.21. The Balaban J connectivity index is 1.61. The minimum atomic E-state index is -0.0470. The first kappa shape index (κ1) is 14.6. The summed E-state index contributed by atoms with van der Waals surface area (Å²) in [5.74, 6) is -0.0470. The van der Waals surface area contributed by atoms with E-state index in [1.165, 1.54) is 6.42 Å². The van der Waals surface area contributed by atoms with Gasteiger partial charge in [0.15, 0.2) is 0 Å². The Kier molecular flexibility index (Phi) is 4.33. The summed E-state index contributed by atoms with van der Waals surface area (Å²) in [6, 6.07) is 5.47. The molecule has 0 spiro atoms.